The van der Waals surface area contributed by atoms with Gasteiger partial charge in [0, 0.05) is 18.3 Å². The average molecular weight is 365 g/mol. The number of nitrogens with zero attached hydrogens (tertiary/aromatic N) is 1. The lowest BCUT2D eigenvalue weighted by Crippen LogP contribution is -2.42. The van der Waals surface area contributed by atoms with Crippen LogP contribution in [-0.2, 0) is 11.3 Å². The number of carbonyl (C=O) groups is 2. The smallest absolute Gasteiger partial charge is 0.319 e. The van der Waals surface area contributed by atoms with Crippen LogP contribution in [0, 0.1) is 0 Å². The molecule has 0 bridgehead atoms. The number of para-hydroxylation sites is 1. The van der Waals surface area contributed by atoms with Gasteiger partial charge in [-0.3, -0.25) is 4.79 Å². The van der Waals surface area contributed by atoms with Crippen molar-refractivity contribution in [3.8, 4) is 0 Å². The highest BCUT2D eigenvalue weighted by atomic mass is 16.2. The van der Waals surface area contributed by atoms with Crippen LogP contribution in [0.2, 0.25) is 0 Å². The maximum atomic E-state index is 12.6. The molecule has 0 aromatic heterocycles. The van der Waals surface area contributed by atoms with Crippen LogP contribution in [0.15, 0.2) is 54.6 Å². The summed E-state index contributed by atoms with van der Waals surface area (Å²) in [6, 6.07) is 17.5. The van der Waals surface area contributed by atoms with Crippen molar-refractivity contribution in [2.45, 2.75) is 45.2 Å². The highest BCUT2D eigenvalue weighted by Gasteiger charge is 2.32. The zero-order valence-corrected chi connectivity index (χ0v) is 15.9. The van der Waals surface area contributed by atoms with E-state index < -0.39 is 0 Å². The summed E-state index contributed by atoms with van der Waals surface area (Å²) in [5, 5.41) is 5.39. The molecule has 2 aromatic rings. The number of benzene rings is 2. The van der Waals surface area contributed by atoms with Gasteiger partial charge >= 0.3 is 6.03 Å². The second-order valence-corrected chi connectivity index (χ2v) is 7.32. The van der Waals surface area contributed by atoms with E-state index in [4.69, 9.17) is 0 Å². The van der Waals surface area contributed by atoms with E-state index >= 15 is 0 Å². The van der Waals surface area contributed by atoms with Gasteiger partial charge in [0.1, 0.15) is 0 Å². The molecule has 0 spiro atoms. The van der Waals surface area contributed by atoms with Gasteiger partial charge in [0.15, 0.2) is 0 Å². The van der Waals surface area contributed by atoms with Crippen LogP contribution in [0.5, 0.6) is 0 Å². The van der Waals surface area contributed by atoms with Crippen molar-refractivity contribution in [1.82, 2.24) is 10.2 Å². The Morgan fingerprint density at radius 3 is 2.30 bits per heavy atom. The lowest BCUT2D eigenvalue weighted by molar-refractivity contribution is -0.131. The van der Waals surface area contributed by atoms with Crippen LogP contribution in [0.4, 0.5) is 10.5 Å². The third-order valence-corrected chi connectivity index (χ3v) is 4.74. The van der Waals surface area contributed by atoms with Gasteiger partial charge in [-0.1, -0.05) is 56.3 Å². The Bertz CT molecular complexity index is 768. The average Bonchev–Trinajstić information content (AvgIpc) is 3.50. The van der Waals surface area contributed by atoms with Crippen molar-refractivity contribution in [1.29, 1.82) is 0 Å². The first-order valence-electron chi connectivity index (χ1n) is 9.51. The lowest BCUT2D eigenvalue weighted by atomic mass is 10.0. The molecule has 0 unspecified atom stereocenters. The van der Waals surface area contributed by atoms with E-state index in [1.54, 1.807) is 12.1 Å². The van der Waals surface area contributed by atoms with Gasteiger partial charge in [0.2, 0.25) is 5.91 Å². The van der Waals surface area contributed by atoms with Crippen LogP contribution < -0.4 is 10.6 Å². The molecule has 2 aromatic carbocycles. The number of hydrogen-bond donors (Lipinski definition) is 2. The van der Waals surface area contributed by atoms with Gasteiger partial charge < -0.3 is 15.5 Å². The summed E-state index contributed by atoms with van der Waals surface area (Å²) in [4.78, 5) is 26.5. The van der Waals surface area contributed by atoms with E-state index in [0.29, 0.717) is 24.2 Å². The second-order valence-electron chi connectivity index (χ2n) is 7.32. The van der Waals surface area contributed by atoms with Gasteiger partial charge in [-0.15, -0.1) is 0 Å². The molecule has 0 radical (unpaired) electrons. The summed E-state index contributed by atoms with van der Waals surface area (Å²) < 4.78 is 0. The summed E-state index contributed by atoms with van der Waals surface area (Å²) in [7, 11) is 0. The molecule has 1 saturated carbocycles. The highest BCUT2D eigenvalue weighted by molar-refractivity contribution is 5.92. The number of anilines is 1. The number of rotatable bonds is 7. The fraction of sp³-hybridized carbons (Fsp3) is 0.364. The van der Waals surface area contributed by atoms with Crippen LogP contribution in [-0.4, -0.2) is 29.4 Å². The maximum Gasteiger partial charge on any atom is 0.319 e. The molecule has 1 aliphatic rings. The third kappa shape index (κ3) is 5.58. The number of nitrogens with one attached hydrogen (secondary N) is 2. The van der Waals surface area contributed by atoms with Crippen LogP contribution in [0.1, 0.15) is 43.7 Å². The molecule has 142 valence electrons. The Balaban J connectivity index is 1.53. The monoisotopic (exact) mass is 365 g/mol. The molecule has 27 heavy (non-hydrogen) atoms. The van der Waals surface area contributed by atoms with E-state index in [-0.39, 0.29) is 18.5 Å². The topological polar surface area (TPSA) is 61.4 Å². The minimum atomic E-state index is -0.369. The van der Waals surface area contributed by atoms with Crippen molar-refractivity contribution in [2.75, 3.05) is 11.9 Å². The van der Waals surface area contributed by atoms with E-state index in [2.05, 4.69) is 48.7 Å². The fourth-order valence-electron chi connectivity index (χ4n) is 2.97. The first kappa shape index (κ1) is 19.0. The highest BCUT2D eigenvalue weighted by Crippen LogP contribution is 2.28. The fourth-order valence-corrected chi connectivity index (χ4v) is 2.97. The van der Waals surface area contributed by atoms with Gasteiger partial charge in [-0.2, -0.15) is 0 Å². The molecule has 0 heterocycles. The largest absolute Gasteiger partial charge is 0.334 e. The normalized spacial score (nSPS) is 13.3. The molecule has 2 N–H and O–H groups in total. The van der Waals surface area contributed by atoms with E-state index in [1.165, 1.54) is 5.56 Å². The second kappa shape index (κ2) is 8.71. The zero-order chi connectivity index (χ0) is 19.2. The molecule has 5 nitrogen and oxygen atoms in total. The van der Waals surface area contributed by atoms with Crippen molar-refractivity contribution < 1.29 is 9.59 Å². The van der Waals surface area contributed by atoms with Gasteiger partial charge in [-0.05, 0) is 42.0 Å². The molecule has 3 rings (SSSR count). The van der Waals surface area contributed by atoms with Crippen molar-refractivity contribution in [2.24, 2.45) is 0 Å². The summed E-state index contributed by atoms with van der Waals surface area (Å²) in [6.07, 6.45) is 2.07. The predicted molar refractivity (Wildman–Crippen MR) is 108 cm³/mol. The molecule has 0 aliphatic heterocycles. The third-order valence-electron chi connectivity index (χ3n) is 4.74. The summed E-state index contributed by atoms with van der Waals surface area (Å²) >= 11 is 0. The van der Waals surface area contributed by atoms with E-state index in [0.717, 1.165) is 18.4 Å². The Kier molecular flexibility index (Phi) is 6.12. The van der Waals surface area contributed by atoms with Crippen molar-refractivity contribution in [3.63, 3.8) is 0 Å². The SMILES string of the molecule is CC(C)c1ccc(CN(C(=O)CNC(=O)Nc2ccccc2)C2CC2)cc1. The summed E-state index contributed by atoms with van der Waals surface area (Å²) in [6.45, 7) is 4.92. The summed E-state index contributed by atoms with van der Waals surface area (Å²) in [5.74, 6) is 0.446. The minimum absolute atomic E-state index is 0.000749. The number of carbonyl (C=O) groups excluding carboxylic acids is 2. The Hall–Kier alpha value is -2.82. The maximum absolute atomic E-state index is 12.6. The first-order valence-corrected chi connectivity index (χ1v) is 9.51. The number of amides is 3. The summed E-state index contributed by atoms with van der Waals surface area (Å²) in [5.41, 5.74) is 3.11. The van der Waals surface area contributed by atoms with Gasteiger partial charge in [0.05, 0.1) is 6.54 Å². The van der Waals surface area contributed by atoms with Crippen molar-refractivity contribution in [3.05, 3.63) is 65.7 Å². The standard InChI is InChI=1S/C22H27N3O2/c1-16(2)18-10-8-17(9-11-18)15-25(20-12-13-20)21(26)14-23-22(27)24-19-6-4-3-5-7-19/h3-11,16,20H,12-15H2,1-2H3,(H2,23,24,27). The predicted octanol–water partition coefficient (Wildman–Crippen LogP) is 4.12. The number of hydrogen-bond acceptors (Lipinski definition) is 2. The first-order chi connectivity index (χ1) is 13.0. The molecule has 5 heteroatoms. The Morgan fingerprint density at radius 1 is 1.04 bits per heavy atom. The zero-order valence-electron chi connectivity index (χ0n) is 15.9. The van der Waals surface area contributed by atoms with Gasteiger partial charge in [0.25, 0.3) is 0 Å². The van der Waals surface area contributed by atoms with Crippen molar-refractivity contribution >= 4 is 17.6 Å². The number of urea groups is 1. The van der Waals surface area contributed by atoms with Crippen LogP contribution >= 0.6 is 0 Å². The van der Waals surface area contributed by atoms with Crippen LogP contribution in [0.3, 0.4) is 0 Å². The quantitative estimate of drug-likeness (QED) is 0.775. The Morgan fingerprint density at radius 2 is 1.70 bits per heavy atom. The molecule has 0 saturated heterocycles. The molecular formula is C22H27N3O2. The molecule has 1 aliphatic carbocycles. The molecular weight excluding hydrogens is 338 g/mol. The van der Waals surface area contributed by atoms with E-state index in [9.17, 15) is 9.59 Å². The molecule has 3 amide bonds. The van der Waals surface area contributed by atoms with Gasteiger partial charge in [-0.25, -0.2) is 4.79 Å². The molecule has 0 atom stereocenters. The molecule has 1 fully saturated rings. The Labute approximate surface area is 160 Å². The van der Waals surface area contributed by atoms with E-state index in [1.807, 2.05) is 23.1 Å². The lowest BCUT2D eigenvalue weighted by Gasteiger charge is -2.23. The minimum Gasteiger partial charge on any atom is -0.334 e. The van der Waals surface area contributed by atoms with Crippen LogP contribution in [0.25, 0.3) is 0 Å².